The van der Waals surface area contributed by atoms with Crippen LogP contribution in [0.4, 0.5) is 4.39 Å². The Morgan fingerprint density at radius 3 is 2.62 bits per heavy atom. The van der Waals surface area contributed by atoms with Gasteiger partial charge in [-0.3, -0.25) is 9.78 Å². The average molecular weight is 392 g/mol. The van der Waals surface area contributed by atoms with E-state index in [1.807, 2.05) is 18.2 Å². The first kappa shape index (κ1) is 19.1. The molecule has 5 nitrogen and oxygen atoms in total. The van der Waals surface area contributed by atoms with Crippen molar-refractivity contribution in [3.05, 3.63) is 77.2 Å². The van der Waals surface area contributed by atoms with Gasteiger partial charge in [0.15, 0.2) is 6.61 Å². The standard InChI is InChI=1S/C23H21FN2O3/c1-15-12-19(18-7-3-5-9-21(18)25-15)23(28)29-14-22(27)26(17-10-11-17)13-16-6-2-4-8-20(16)24/h2-9,12,17H,10-11,13-14H2,1H3. The number of nitrogens with zero attached hydrogens (tertiary/aromatic N) is 2. The molecule has 1 amide bonds. The van der Waals surface area contributed by atoms with E-state index < -0.39 is 5.97 Å². The Morgan fingerprint density at radius 1 is 1.14 bits per heavy atom. The van der Waals surface area contributed by atoms with Gasteiger partial charge in [-0.05, 0) is 38.0 Å². The fourth-order valence-electron chi connectivity index (χ4n) is 3.38. The van der Waals surface area contributed by atoms with E-state index >= 15 is 0 Å². The highest BCUT2D eigenvalue weighted by molar-refractivity contribution is 6.04. The number of aryl methyl sites for hydroxylation is 1. The monoisotopic (exact) mass is 392 g/mol. The predicted octanol–water partition coefficient (Wildman–Crippen LogP) is 4.03. The highest BCUT2D eigenvalue weighted by Crippen LogP contribution is 2.29. The second kappa shape index (κ2) is 7.99. The van der Waals surface area contributed by atoms with Crippen LogP contribution in [-0.4, -0.2) is 34.4 Å². The molecular weight excluding hydrogens is 371 g/mol. The molecule has 3 aromatic rings. The molecule has 1 aliphatic rings. The summed E-state index contributed by atoms with van der Waals surface area (Å²) < 4.78 is 19.3. The molecule has 0 aliphatic heterocycles. The smallest absolute Gasteiger partial charge is 0.339 e. The number of ether oxygens (including phenoxy) is 1. The van der Waals surface area contributed by atoms with Gasteiger partial charge in [0.1, 0.15) is 5.82 Å². The van der Waals surface area contributed by atoms with Crippen molar-refractivity contribution in [3.8, 4) is 0 Å². The molecule has 2 aromatic carbocycles. The highest BCUT2D eigenvalue weighted by atomic mass is 19.1. The lowest BCUT2D eigenvalue weighted by Gasteiger charge is -2.22. The molecule has 1 aromatic heterocycles. The molecule has 0 N–H and O–H groups in total. The van der Waals surface area contributed by atoms with Gasteiger partial charge >= 0.3 is 5.97 Å². The molecule has 0 spiro atoms. The maximum atomic E-state index is 14.0. The molecule has 0 radical (unpaired) electrons. The van der Waals surface area contributed by atoms with Crippen molar-refractivity contribution in [2.75, 3.05) is 6.61 Å². The van der Waals surface area contributed by atoms with Crippen LogP contribution in [0.1, 0.15) is 34.5 Å². The van der Waals surface area contributed by atoms with Crippen molar-refractivity contribution < 1.29 is 18.7 Å². The third-order valence-corrected chi connectivity index (χ3v) is 5.00. The van der Waals surface area contributed by atoms with E-state index in [0.29, 0.717) is 27.7 Å². The molecule has 1 heterocycles. The van der Waals surface area contributed by atoms with Crippen LogP contribution in [0.5, 0.6) is 0 Å². The van der Waals surface area contributed by atoms with Gasteiger partial charge in [0.2, 0.25) is 0 Å². The van der Waals surface area contributed by atoms with Crippen molar-refractivity contribution in [2.45, 2.75) is 32.4 Å². The molecule has 148 valence electrons. The van der Waals surface area contributed by atoms with Crippen LogP contribution < -0.4 is 0 Å². The number of hydrogen-bond donors (Lipinski definition) is 0. The van der Waals surface area contributed by atoms with Crippen LogP contribution in [0, 0.1) is 12.7 Å². The van der Waals surface area contributed by atoms with Crippen LogP contribution in [0.2, 0.25) is 0 Å². The highest BCUT2D eigenvalue weighted by Gasteiger charge is 2.33. The lowest BCUT2D eigenvalue weighted by Crippen LogP contribution is -2.36. The summed E-state index contributed by atoms with van der Waals surface area (Å²) in [6, 6.07) is 15.4. The van der Waals surface area contributed by atoms with Gasteiger partial charge in [0, 0.05) is 29.2 Å². The van der Waals surface area contributed by atoms with E-state index in [4.69, 9.17) is 4.74 Å². The molecule has 4 rings (SSSR count). The third-order valence-electron chi connectivity index (χ3n) is 5.00. The number of para-hydroxylation sites is 1. The number of carbonyl (C=O) groups is 2. The van der Waals surface area contributed by atoms with Crippen LogP contribution >= 0.6 is 0 Å². The maximum Gasteiger partial charge on any atom is 0.339 e. The number of aromatic nitrogens is 1. The minimum atomic E-state index is -0.568. The second-order valence-electron chi connectivity index (χ2n) is 7.25. The molecule has 29 heavy (non-hydrogen) atoms. The Hall–Kier alpha value is -3.28. The lowest BCUT2D eigenvalue weighted by atomic mass is 10.1. The van der Waals surface area contributed by atoms with Crippen molar-refractivity contribution in [1.29, 1.82) is 0 Å². The Labute approximate surface area is 168 Å². The fourth-order valence-corrected chi connectivity index (χ4v) is 3.38. The van der Waals surface area contributed by atoms with Gasteiger partial charge in [-0.2, -0.15) is 0 Å². The predicted molar refractivity (Wildman–Crippen MR) is 107 cm³/mol. The molecule has 0 unspecified atom stereocenters. The number of fused-ring (bicyclic) bond motifs is 1. The summed E-state index contributed by atoms with van der Waals surface area (Å²) in [7, 11) is 0. The summed E-state index contributed by atoms with van der Waals surface area (Å²) in [5.41, 5.74) is 2.23. The first-order valence-electron chi connectivity index (χ1n) is 9.59. The third kappa shape index (κ3) is 4.26. The summed E-state index contributed by atoms with van der Waals surface area (Å²) in [6.07, 6.45) is 1.75. The number of rotatable bonds is 6. The van der Waals surface area contributed by atoms with Crippen molar-refractivity contribution in [2.24, 2.45) is 0 Å². The fraction of sp³-hybridized carbons (Fsp3) is 0.261. The van der Waals surface area contributed by atoms with E-state index in [0.717, 1.165) is 12.8 Å². The first-order valence-corrected chi connectivity index (χ1v) is 9.59. The van der Waals surface area contributed by atoms with E-state index in [-0.39, 0.29) is 30.9 Å². The number of carbonyl (C=O) groups excluding carboxylic acids is 2. The Kier molecular flexibility index (Phi) is 5.25. The summed E-state index contributed by atoms with van der Waals surface area (Å²) in [4.78, 5) is 31.4. The van der Waals surface area contributed by atoms with Crippen LogP contribution in [0.15, 0.2) is 54.6 Å². The van der Waals surface area contributed by atoms with Gasteiger partial charge in [-0.25, -0.2) is 9.18 Å². The minimum Gasteiger partial charge on any atom is -0.452 e. The zero-order chi connectivity index (χ0) is 20.4. The second-order valence-corrected chi connectivity index (χ2v) is 7.25. The largest absolute Gasteiger partial charge is 0.452 e. The summed E-state index contributed by atoms with van der Waals surface area (Å²) in [6.45, 7) is 1.60. The minimum absolute atomic E-state index is 0.0739. The molecular formula is C23H21FN2O3. The SMILES string of the molecule is Cc1cc(C(=O)OCC(=O)N(Cc2ccccc2F)C2CC2)c2ccccc2n1. The van der Waals surface area contributed by atoms with Gasteiger partial charge in [-0.1, -0.05) is 36.4 Å². The molecule has 1 fully saturated rings. The van der Waals surface area contributed by atoms with Crippen LogP contribution in [-0.2, 0) is 16.1 Å². The van der Waals surface area contributed by atoms with E-state index in [1.54, 1.807) is 42.2 Å². The molecule has 0 saturated heterocycles. The van der Waals surface area contributed by atoms with Crippen LogP contribution in [0.25, 0.3) is 10.9 Å². The number of halogens is 1. The Morgan fingerprint density at radius 2 is 1.86 bits per heavy atom. The average Bonchev–Trinajstić information content (AvgIpc) is 3.55. The summed E-state index contributed by atoms with van der Waals surface area (Å²) in [5, 5.41) is 0.681. The van der Waals surface area contributed by atoms with Gasteiger partial charge < -0.3 is 9.64 Å². The van der Waals surface area contributed by atoms with Crippen LogP contribution in [0.3, 0.4) is 0 Å². The molecule has 1 saturated carbocycles. The number of pyridine rings is 1. The lowest BCUT2D eigenvalue weighted by molar-refractivity contribution is -0.135. The zero-order valence-corrected chi connectivity index (χ0v) is 16.1. The number of benzene rings is 2. The topological polar surface area (TPSA) is 59.5 Å². The van der Waals surface area contributed by atoms with E-state index in [2.05, 4.69) is 4.98 Å². The van der Waals surface area contributed by atoms with Crippen molar-refractivity contribution >= 4 is 22.8 Å². The van der Waals surface area contributed by atoms with Crippen molar-refractivity contribution in [1.82, 2.24) is 9.88 Å². The molecule has 0 bridgehead atoms. The van der Waals surface area contributed by atoms with E-state index in [1.165, 1.54) is 6.07 Å². The van der Waals surface area contributed by atoms with Gasteiger partial charge in [0.05, 0.1) is 11.1 Å². The quantitative estimate of drug-likeness (QED) is 0.595. The molecule has 6 heteroatoms. The normalized spacial score (nSPS) is 13.3. The first-order chi connectivity index (χ1) is 14.0. The van der Waals surface area contributed by atoms with Crippen molar-refractivity contribution in [3.63, 3.8) is 0 Å². The number of esters is 1. The summed E-state index contributed by atoms with van der Waals surface area (Å²) >= 11 is 0. The Bertz CT molecular complexity index is 1080. The number of amides is 1. The summed E-state index contributed by atoms with van der Waals surface area (Å²) in [5.74, 6) is -1.23. The van der Waals surface area contributed by atoms with Gasteiger partial charge in [0.25, 0.3) is 5.91 Å². The van der Waals surface area contributed by atoms with E-state index in [9.17, 15) is 14.0 Å². The zero-order valence-electron chi connectivity index (χ0n) is 16.1. The maximum absolute atomic E-state index is 14.0. The Balaban J connectivity index is 1.47. The number of hydrogen-bond acceptors (Lipinski definition) is 4. The molecule has 0 atom stereocenters. The molecule has 1 aliphatic carbocycles. The van der Waals surface area contributed by atoms with Gasteiger partial charge in [-0.15, -0.1) is 0 Å².